The predicted octanol–water partition coefficient (Wildman–Crippen LogP) is 3.73. The molecule has 0 bridgehead atoms. The van der Waals surface area contributed by atoms with E-state index < -0.39 is 23.6 Å². The molecule has 1 aliphatic rings. The summed E-state index contributed by atoms with van der Waals surface area (Å²) in [5, 5.41) is 5.35. The Morgan fingerprint density at radius 2 is 1.76 bits per heavy atom. The van der Waals surface area contributed by atoms with Gasteiger partial charge in [0.1, 0.15) is 0 Å². The Balaban J connectivity index is 1.54. The molecular weight excluding hydrogens is 435 g/mol. The molecule has 0 aromatic heterocycles. The minimum Gasteiger partial charge on any atom is -0.347 e. The van der Waals surface area contributed by atoms with Gasteiger partial charge in [0.05, 0.1) is 18.0 Å². The van der Waals surface area contributed by atoms with E-state index in [4.69, 9.17) is 0 Å². The minimum absolute atomic E-state index is 0.0149. The normalized spacial score (nSPS) is 16.1. The molecule has 1 aliphatic heterocycles. The zero-order valence-electron chi connectivity index (χ0n) is 18.7. The van der Waals surface area contributed by atoms with Gasteiger partial charge in [0, 0.05) is 25.2 Å². The standard InChI is InChI=1S/C24H26F3N3O3/c1-14-7-15(2)22(16(3)8-14)29-20(31)11-28-23(33)18-10-21(32)30(13-18)12-17-5-4-6-19(9-17)24(25,26)27/h4-9,18H,10-13H2,1-3H3,(H,28,33)(H,29,31). The van der Waals surface area contributed by atoms with E-state index in [2.05, 4.69) is 10.6 Å². The summed E-state index contributed by atoms with van der Waals surface area (Å²) in [6, 6.07) is 8.67. The number of amides is 3. The monoisotopic (exact) mass is 461 g/mol. The Labute approximate surface area is 190 Å². The Bertz CT molecular complexity index is 1060. The summed E-state index contributed by atoms with van der Waals surface area (Å²) in [6.45, 7) is 5.56. The molecule has 1 heterocycles. The second kappa shape index (κ2) is 9.64. The molecule has 1 saturated heterocycles. The summed E-state index contributed by atoms with van der Waals surface area (Å²) in [7, 11) is 0. The van der Waals surface area contributed by atoms with Gasteiger partial charge in [0.2, 0.25) is 17.7 Å². The second-order valence-corrected chi connectivity index (χ2v) is 8.41. The molecule has 0 spiro atoms. The predicted molar refractivity (Wildman–Crippen MR) is 117 cm³/mol. The third-order valence-corrected chi connectivity index (χ3v) is 5.58. The topological polar surface area (TPSA) is 78.5 Å². The zero-order chi connectivity index (χ0) is 24.3. The fourth-order valence-corrected chi connectivity index (χ4v) is 4.04. The maximum absolute atomic E-state index is 12.9. The van der Waals surface area contributed by atoms with Gasteiger partial charge >= 0.3 is 6.18 Å². The first-order chi connectivity index (χ1) is 15.4. The van der Waals surface area contributed by atoms with E-state index in [1.807, 2.05) is 32.9 Å². The highest BCUT2D eigenvalue weighted by atomic mass is 19.4. The van der Waals surface area contributed by atoms with Crippen LogP contribution in [0.15, 0.2) is 36.4 Å². The third kappa shape index (κ3) is 6.12. The van der Waals surface area contributed by atoms with Crippen molar-refractivity contribution in [2.75, 3.05) is 18.4 Å². The third-order valence-electron chi connectivity index (χ3n) is 5.58. The highest BCUT2D eigenvalue weighted by Crippen LogP contribution is 2.30. The van der Waals surface area contributed by atoms with Gasteiger partial charge in [-0.25, -0.2) is 0 Å². The van der Waals surface area contributed by atoms with Gasteiger partial charge in [0.25, 0.3) is 0 Å². The SMILES string of the molecule is Cc1cc(C)c(NC(=O)CNC(=O)C2CC(=O)N(Cc3cccc(C(F)(F)F)c3)C2)c(C)c1. The lowest BCUT2D eigenvalue weighted by atomic mass is 10.1. The van der Waals surface area contributed by atoms with Crippen molar-refractivity contribution in [1.82, 2.24) is 10.2 Å². The van der Waals surface area contributed by atoms with Crippen molar-refractivity contribution in [1.29, 1.82) is 0 Å². The van der Waals surface area contributed by atoms with E-state index in [0.29, 0.717) is 11.3 Å². The number of hydrogen-bond acceptors (Lipinski definition) is 3. The van der Waals surface area contributed by atoms with Crippen molar-refractivity contribution in [3.05, 3.63) is 64.2 Å². The van der Waals surface area contributed by atoms with Crippen LogP contribution in [0, 0.1) is 26.7 Å². The van der Waals surface area contributed by atoms with Crippen LogP contribution in [0.25, 0.3) is 0 Å². The van der Waals surface area contributed by atoms with Gasteiger partial charge in [-0.3, -0.25) is 14.4 Å². The van der Waals surface area contributed by atoms with Crippen LogP contribution >= 0.6 is 0 Å². The lowest BCUT2D eigenvalue weighted by molar-refractivity contribution is -0.137. The maximum atomic E-state index is 12.9. The summed E-state index contributed by atoms with van der Waals surface area (Å²) >= 11 is 0. The average molecular weight is 461 g/mol. The molecule has 33 heavy (non-hydrogen) atoms. The summed E-state index contributed by atoms with van der Waals surface area (Å²) in [6.07, 6.45) is -4.52. The van der Waals surface area contributed by atoms with Crippen LogP contribution in [0.1, 0.15) is 34.2 Å². The molecule has 1 fully saturated rings. The molecule has 6 nitrogen and oxygen atoms in total. The molecule has 2 aromatic rings. The number of halogens is 3. The first kappa shape index (κ1) is 24.3. The number of alkyl halides is 3. The lowest BCUT2D eigenvalue weighted by Gasteiger charge is -2.18. The molecule has 0 aliphatic carbocycles. The number of anilines is 1. The summed E-state index contributed by atoms with van der Waals surface area (Å²) < 4.78 is 38.7. The molecule has 3 amide bonds. The Hall–Kier alpha value is -3.36. The van der Waals surface area contributed by atoms with E-state index in [1.54, 1.807) is 0 Å². The Morgan fingerprint density at radius 3 is 2.39 bits per heavy atom. The van der Waals surface area contributed by atoms with Crippen LogP contribution in [0.4, 0.5) is 18.9 Å². The number of hydrogen-bond donors (Lipinski definition) is 2. The van der Waals surface area contributed by atoms with E-state index in [1.165, 1.54) is 17.0 Å². The Morgan fingerprint density at radius 1 is 1.09 bits per heavy atom. The van der Waals surface area contributed by atoms with Crippen molar-refractivity contribution in [3.63, 3.8) is 0 Å². The molecule has 176 valence electrons. The molecule has 9 heteroatoms. The first-order valence-electron chi connectivity index (χ1n) is 10.5. The van der Waals surface area contributed by atoms with Crippen molar-refractivity contribution >= 4 is 23.4 Å². The van der Waals surface area contributed by atoms with Crippen molar-refractivity contribution in [2.24, 2.45) is 5.92 Å². The highest BCUT2D eigenvalue weighted by Gasteiger charge is 2.35. The van der Waals surface area contributed by atoms with Crippen LogP contribution in [0.2, 0.25) is 0 Å². The van der Waals surface area contributed by atoms with Crippen molar-refractivity contribution in [2.45, 2.75) is 39.9 Å². The molecular formula is C24H26F3N3O3. The average Bonchev–Trinajstić information content (AvgIpc) is 3.09. The molecule has 0 radical (unpaired) electrons. The highest BCUT2D eigenvalue weighted by molar-refractivity contribution is 5.97. The minimum atomic E-state index is -4.47. The van der Waals surface area contributed by atoms with Crippen LogP contribution in [-0.2, 0) is 27.1 Å². The van der Waals surface area contributed by atoms with Crippen LogP contribution in [0.5, 0.6) is 0 Å². The molecule has 3 rings (SSSR count). The number of carbonyl (C=O) groups is 3. The summed E-state index contributed by atoms with van der Waals surface area (Å²) in [5.74, 6) is -1.81. The van der Waals surface area contributed by atoms with E-state index >= 15 is 0 Å². The first-order valence-corrected chi connectivity index (χ1v) is 10.5. The maximum Gasteiger partial charge on any atom is 0.416 e. The van der Waals surface area contributed by atoms with Crippen molar-refractivity contribution in [3.8, 4) is 0 Å². The van der Waals surface area contributed by atoms with E-state index in [0.717, 1.165) is 28.8 Å². The van der Waals surface area contributed by atoms with Gasteiger partial charge in [-0.2, -0.15) is 13.2 Å². The largest absolute Gasteiger partial charge is 0.416 e. The fraction of sp³-hybridized carbons (Fsp3) is 0.375. The fourth-order valence-electron chi connectivity index (χ4n) is 4.04. The zero-order valence-corrected chi connectivity index (χ0v) is 18.7. The van der Waals surface area contributed by atoms with E-state index in [9.17, 15) is 27.6 Å². The number of carbonyl (C=O) groups excluding carboxylic acids is 3. The van der Waals surface area contributed by atoms with Crippen molar-refractivity contribution < 1.29 is 27.6 Å². The Kier molecular flexibility index (Phi) is 7.09. The van der Waals surface area contributed by atoms with Crippen LogP contribution < -0.4 is 10.6 Å². The number of aryl methyl sites for hydroxylation is 3. The van der Waals surface area contributed by atoms with Crippen LogP contribution in [-0.4, -0.2) is 35.7 Å². The van der Waals surface area contributed by atoms with Gasteiger partial charge in [-0.1, -0.05) is 29.8 Å². The quantitative estimate of drug-likeness (QED) is 0.688. The molecule has 0 saturated carbocycles. The lowest BCUT2D eigenvalue weighted by Crippen LogP contribution is -2.38. The summed E-state index contributed by atoms with van der Waals surface area (Å²) in [5.41, 5.74) is 3.16. The number of nitrogens with one attached hydrogen (secondary N) is 2. The smallest absolute Gasteiger partial charge is 0.347 e. The number of benzene rings is 2. The molecule has 1 atom stereocenters. The van der Waals surface area contributed by atoms with Crippen LogP contribution in [0.3, 0.4) is 0 Å². The van der Waals surface area contributed by atoms with Gasteiger partial charge in [-0.05, 0) is 49.6 Å². The number of nitrogens with zero attached hydrogens (tertiary/aromatic N) is 1. The number of rotatable bonds is 6. The van der Waals surface area contributed by atoms with E-state index in [-0.39, 0.29) is 37.9 Å². The molecule has 2 aromatic carbocycles. The van der Waals surface area contributed by atoms with Gasteiger partial charge < -0.3 is 15.5 Å². The molecule has 1 unspecified atom stereocenters. The second-order valence-electron chi connectivity index (χ2n) is 8.41. The number of likely N-dealkylation sites (tertiary alicyclic amines) is 1. The molecule has 2 N–H and O–H groups in total. The van der Waals surface area contributed by atoms with Gasteiger partial charge in [0.15, 0.2) is 0 Å². The summed E-state index contributed by atoms with van der Waals surface area (Å²) in [4.78, 5) is 38.5. The van der Waals surface area contributed by atoms with Gasteiger partial charge in [-0.15, -0.1) is 0 Å².